The van der Waals surface area contributed by atoms with Gasteiger partial charge in [-0.3, -0.25) is 0 Å². The Morgan fingerprint density at radius 2 is 1.90 bits per heavy atom. The molecule has 21 heavy (non-hydrogen) atoms. The molecule has 1 aromatic carbocycles. The molecule has 1 fully saturated rings. The van der Waals surface area contributed by atoms with Crippen LogP contribution >= 0.6 is 11.6 Å². The van der Waals surface area contributed by atoms with Crippen molar-refractivity contribution in [3.63, 3.8) is 0 Å². The van der Waals surface area contributed by atoms with E-state index in [1.807, 2.05) is 11.0 Å². The number of benzene rings is 1. The zero-order valence-electron chi connectivity index (χ0n) is 11.8. The Morgan fingerprint density at radius 1 is 1.33 bits per heavy atom. The molecule has 0 unspecified atom stereocenters. The second kappa shape index (κ2) is 6.50. The van der Waals surface area contributed by atoms with Crippen molar-refractivity contribution in [1.82, 2.24) is 4.90 Å². The highest BCUT2D eigenvalue weighted by molar-refractivity contribution is 7.95. The number of nitrogens with zero attached hydrogens (tertiary/aromatic N) is 2. The number of allylic oxidation sites excluding steroid dienone is 1. The van der Waals surface area contributed by atoms with E-state index >= 15 is 0 Å². The van der Waals surface area contributed by atoms with E-state index in [0.29, 0.717) is 10.9 Å². The summed E-state index contributed by atoms with van der Waals surface area (Å²) >= 11 is 5.76. The van der Waals surface area contributed by atoms with Gasteiger partial charge in [0.05, 0.1) is 4.90 Å². The molecule has 0 aliphatic carbocycles. The number of nitriles is 1. The van der Waals surface area contributed by atoms with E-state index in [1.54, 1.807) is 0 Å². The van der Waals surface area contributed by atoms with E-state index in [9.17, 15) is 13.7 Å². The van der Waals surface area contributed by atoms with Crippen LogP contribution in [-0.4, -0.2) is 26.4 Å². The second-order valence-corrected chi connectivity index (χ2v) is 7.64. The first kappa shape index (κ1) is 15.9. The lowest BCUT2D eigenvalue weighted by atomic mass is 10.00. The Hall–Kier alpha value is -1.51. The Kier molecular flexibility index (Phi) is 4.92. The zero-order valence-corrected chi connectivity index (χ0v) is 13.4. The van der Waals surface area contributed by atoms with Crippen LogP contribution in [0.4, 0.5) is 0 Å². The number of sulfone groups is 1. The molecule has 4 nitrogen and oxygen atoms in total. The quantitative estimate of drug-likeness (QED) is 0.801. The molecule has 6 heteroatoms. The Morgan fingerprint density at radius 3 is 2.43 bits per heavy atom. The second-order valence-electron chi connectivity index (χ2n) is 5.28. The Bertz CT molecular complexity index is 667. The number of rotatable bonds is 3. The minimum Gasteiger partial charge on any atom is -0.376 e. The third kappa shape index (κ3) is 3.78. The van der Waals surface area contributed by atoms with Gasteiger partial charge in [0.2, 0.25) is 9.84 Å². The normalized spacial score (nSPS) is 17.6. The van der Waals surface area contributed by atoms with Crippen LogP contribution in [-0.2, 0) is 9.84 Å². The van der Waals surface area contributed by atoms with Gasteiger partial charge in [0, 0.05) is 24.3 Å². The van der Waals surface area contributed by atoms with Crippen LogP contribution in [0.2, 0.25) is 5.02 Å². The van der Waals surface area contributed by atoms with Gasteiger partial charge in [-0.2, -0.15) is 5.26 Å². The summed E-state index contributed by atoms with van der Waals surface area (Å²) in [5, 5.41) is 9.67. The smallest absolute Gasteiger partial charge is 0.218 e. The number of likely N-dealkylation sites (tertiary alicyclic amines) is 1. The third-order valence-corrected chi connectivity index (χ3v) is 5.56. The molecular formula is C15H17ClN2O2S. The molecule has 1 aliphatic heterocycles. The summed E-state index contributed by atoms with van der Waals surface area (Å²) in [6.45, 7) is 3.74. The third-order valence-electron chi connectivity index (χ3n) is 3.64. The molecule has 0 amide bonds. The predicted octanol–water partition coefficient (Wildman–Crippen LogP) is 3.21. The van der Waals surface area contributed by atoms with Crippen LogP contribution in [0.3, 0.4) is 0 Å². The number of halogens is 1. The molecule has 0 atom stereocenters. The van der Waals surface area contributed by atoms with Crippen molar-refractivity contribution in [3.05, 3.63) is 40.4 Å². The van der Waals surface area contributed by atoms with E-state index in [2.05, 4.69) is 6.92 Å². The summed E-state index contributed by atoms with van der Waals surface area (Å²) in [6, 6.07) is 7.66. The van der Waals surface area contributed by atoms with Crippen molar-refractivity contribution >= 4 is 21.4 Å². The van der Waals surface area contributed by atoms with Gasteiger partial charge >= 0.3 is 0 Å². The van der Waals surface area contributed by atoms with Crippen LogP contribution in [0.25, 0.3) is 0 Å². The Balaban J connectivity index is 2.28. The molecule has 2 rings (SSSR count). The molecule has 112 valence electrons. The molecule has 1 saturated heterocycles. The van der Waals surface area contributed by atoms with Gasteiger partial charge in [-0.25, -0.2) is 8.42 Å². The van der Waals surface area contributed by atoms with E-state index in [0.717, 1.165) is 25.9 Å². The molecule has 0 spiro atoms. The number of hydrogen-bond donors (Lipinski definition) is 0. The molecule has 0 N–H and O–H groups in total. The average molecular weight is 325 g/mol. The van der Waals surface area contributed by atoms with Gasteiger partial charge < -0.3 is 4.90 Å². The minimum atomic E-state index is -3.78. The predicted molar refractivity (Wildman–Crippen MR) is 82.3 cm³/mol. The average Bonchev–Trinajstić information content (AvgIpc) is 2.47. The first-order valence-corrected chi connectivity index (χ1v) is 8.66. The van der Waals surface area contributed by atoms with E-state index in [1.165, 1.54) is 30.5 Å². The first-order chi connectivity index (χ1) is 9.93. The molecule has 0 aromatic heterocycles. The van der Waals surface area contributed by atoms with E-state index in [-0.39, 0.29) is 9.80 Å². The standard InChI is InChI=1S/C15H17ClN2O2S/c1-12-6-8-18(9-7-12)11-15(10-17)21(19,20)14-4-2-13(16)3-5-14/h2-5,11-12H,6-9H2,1H3/b15-11+. The molecule has 0 saturated carbocycles. The molecule has 0 radical (unpaired) electrons. The summed E-state index contributed by atoms with van der Waals surface area (Å²) in [6.07, 6.45) is 3.49. The van der Waals surface area contributed by atoms with Gasteiger partial charge in [-0.1, -0.05) is 18.5 Å². The minimum absolute atomic E-state index is 0.0880. The summed E-state index contributed by atoms with van der Waals surface area (Å²) in [7, 11) is -3.78. The largest absolute Gasteiger partial charge is 0.376 e. The fourth-order valence-electron chi connectivity index (χ4n) is 2.22. The SMILES string of the molecule is CC1CCN(/C=C(\C#N)S(=O)(=O)c2ccc(Cl)cc2)CC1. The summed E-state index contributed by atoms with van der Waals surface area (Å²) in [4.78, 5) is 1.77. The Labute approximate surface area is 130 Å². The fourth-order valence-corrected chi connectivity index (χ4v) is 3.50. The van der Waals surface area contributed by atoms with Crippen LogP contribution in [0.5, 0.6) is 0 Å². The van der Waals surface area contributed by atoms with Crippen LogP contribution in [0.1, 0.15) is 19.8 Å². The van der Waals surface area contributed by atoms with Gasteiger partial charge in [0.25, 0.3) is 0 Å². The van der Waals surface area contributed by atoms with Gasteiger partial charge in [0.1, 0.15) is 6.07 Å². The maximum atomic E-state index is 12.5. The van der Waals surface area contributed by atoms with Gasteiger partial charge in [-0.15, -0.1) is 0 Å². The zero-order chi connectivity index (χ0) is 15.5. The van der Waals surface area contributed by atoms with E-state index < -0.39 is 9.84 Å². The van der Waals surface area contributed by atoms with Crippen molar-refractivity contribution in [1.29, 1.82) is 5.26 Å². The highest BCUT2D eigenvalue weighted by Gasteiger charge is 2.23. The monoisotopic (exact) mass is 324 g/mol. The van der Waals surface area contributed by atoms with Crippen LogP contribution in [0, 0.1) is 17.2 Å². The first-order valence-electron chi connectivity index (χ1n) is 6.80. The lowest BCUT2D eigenvalue weighted by Crippen LogP contribution is -2.29. The molecule has 1 aromatic rings. The summed E-state index contributed by atoms with van der Waals surface area (Å²) < 4.78 is 24.9. The summed E-state index contributed by atoms with van der Waals surface area (Å²) in [5.41, 5.74) is 0. The topological polar surface area (TPSA) is 61.2 Å². The molecule has 1 heterocycles. The van der Waals surface area contributed by atoms with Crippen LogP contribution < -0.4 is 0 Å². The van der Waals surface area contributed by atoms with Crippen molar-refractivity contribution < 1.29 is 8.42 Å². The van der Waals surface area contributed by atoms with Crippen molar-refractivity contribution in [2.75, 3.05) is 13.1 Å². The maximum Gasteiger partial charge on any atom is 0.218 e. The summed E-state index contributed by atoms with van der Waals surface area (Å²) in [5.74, 6) is 0.646. The van der Waals surface area contributed by atoms with Crippen molar-refractivity contribution in [2.24, 2.45) is 5.92 Å². The lowest BCUT2D eigenvalue weighted by molar-refractivity contribution is 0.255. The van der Waals surface area contributed by atoms with Crippen molar-refractivity contribution in [2.45, 2.75) is 24.7 Å². The van der Waals surface area contributed by atoms with Crippen LogP contribution in [0.15, 0.2) is 40.3 Å². The van der Waals surface area contributed by atoms with Crippen molar-refractivity contribution in [3.8, 4) is 6.07 Å². The molecule has 1 aliphatic rings. The maximum absolute atomic E-state index is 12.5. The van der Waals surface area contributed by atoms with Gasteiger partial charge in [-0.05, 0) is 43.0 Å². The van der Waals surface area contributed by atoms with E-state index in [4.69, 9.17) is 11.6 Å². The highest BCUT2D eigenvalue weighted by Crippen LogP contribution is 2.23. The van der Waals surface area contributed by atoms with Gasteiger partial charge in [0.15, 0.2) is 4.91 Å². The fraction of sp³-hybridized carbons (Fsp3) is 0.400. The highest BCUT2D eigenvalue weighted by atomic mass is 35.5. The molecule has 0 bridgehead atoms. The number of hydrogen-bond acceptors (Lipinski definition) is 4. The molecular weight excluding hydrogens is 308 g/mol. The lowest BCUT2D eigenvalue weighted by Gasteiger charge is -2.29. The number of piperidine rings is 1.